The number of hydrogen-bond donors (Lipinski definition) is 1. The fourth-order valence-electron chi connectivity index (χ4n) is 2.49. The minimum absolute atomic E-state index is 0.505. The lowest BCUT2D eigenvalue weighted by molar-refractivity contribution is -0.536. The summed E-state index contributed by atoms with van der Waals surface area (Å²) in [6.45, 7) is 2.78. The maximum Gasteiger partial charge on any atom is 0.281 e. The van der Waals surface area contributed by atoms with E-state index in [9.17, 15) is 5.11 Å². The van der Waals surface area contributed by atoms with Crippen LogP contribution in [-0.4, -0.2) is 55.2 Å². The molecule has 1 atom stereocenters. The zero-order chi connectivity index (χ0) is 12.5. The zero-order valence-corrected chi connectivity index (χ0v) is 10.4. The molecule has 3 rings (SSSR count). The Morgan fingerprint density at radius 2 is 2.17 bits per heavy atom. The Morgan fingerprint density at radius 3 is 2.89 bits per heavy atom. The van der Waals surface area contributed by atoms with Crippen LogP contribution >= 0.6 is 0 Å². The minimum Gasteiger partial charge on any atom is -0.497 e. The molecule has 2 aliphatic heterocycles. The number of aliphatic hydroxyl groups excluding tert-OH is 1. The predicted octanol–water partition coefficient (Wildman–Crippen LogP) is 0.275. The molecule has 2 aliphatic rings. The lowest BCUT2D eigenvalue weighted by atomic mass is 10.2. The van der Waals surface area contributed by atoms with Gasteiger partial charge in [-0.05, 0) is 24.3 Å². The molecule has 5 heteroatoms. The molecule has 0 spiro atoms. The van der Waals surface area contributed by atoms with Gasteiger partial charge < -0.3 is 14.6 Å². The topological polar surface area (TPSA) is 44.9 Å². The van der Waals surface area contributed by atoms with Crippen LogP contribution in [0.5, 0.6) is 5.75 Å². The van der Waals surface area contributed by atoms with Crippen LogP contribution in [0, 0.1) is 0 Å². The SMILES string of the molecule is COc1ccc(N2C3=[N+](CCOC3)CC2O)cc1. The normalized spacial score (nSPS) is 23.2. The smallest absolute Gasteiger partial charge is 0.281 e. The first-order valence-corrected chi connectivity index (χ1v) is 6.09. The highest BCUT2D eigenvalue weighted by molar-refractivity contribution is 5.96. The Labute approximate surface area is 106 Å². The van der Waals surface area contributed by atoms with Crippen LogP contribution in [0.2, 0.25) is 0 Å². The van der Waals surface area contributed by atoms with Gasteiger partial charge in [0.25, 0.3) is 5.84 Å². The third-order valence-corrected chi connectivity index (χ3v) is 3.41. The van der Waals surface area contributed by atoms with Gasteiger partial charge in [0.2, 0.25) is 6.23 Å². The first-order valence-electron chi connectivity index (χ1n) is 6.09. The molecule has 96 valence electrons. The molecule has 1 unspecified atom stereocenters. The number of hydrogen-bond acceptors (Lipinski definition) is 4. The second-order valence-corrected chi connectivity index (χ2v) is 4.46. The summed E-state index contributed by atoms with van der Waals surface area (Å²) in [5.41, 5.74) is 0.964. The van der Waals surface area contributed by atoms with E-state index in [0.29, 0.717) is 13.2 Å². The summed E-state index contributed by atoms with van der Waals surface area (Å²) in [4.78, 5) is 1.93. The van der Waals surface area contributed by atoms with Gasteiger partial charge in [0.1, 0.15) is 24.6 Å². The van der Waals surface area contributed by atoms with Crippen LogP contribution < -0.4 is 9.64 Å². The summed E-state index contributed by atoms with van der Waals surface area (Å²) < 4.78 is 12.8. The number of anilines is 1. The first kappa shape index (κ1) is 11.5. The molecule has 0 radical (unpaired) electrons. The molecule has 0 fully saturated rings. The van der Waals surface area contributed by atoms with Crippen LogP contribution in [0.25, 0.3) is 0 Å². The number of amidine groups is 1. The lowest BCUT2D eigenvalue weighted by Crippen LogP contribution is -2.40. The van der Waals surface area contributed by atoms with Crippen molar-refractivity contribution in [1.29, 1.82) is 0 Å². The number of nitrogens with zero attached hydrogens (tertiary/aromatic N) is 2. The Kier molecular flexibility index (Phi) is 2.93. The van der Waals surface area contributed by atoms with Crippen LogP contribution in [0.15, 0.2) is 24.3 Å². The number of benzene rings is 1. The molecule has 1 aromatic carbocycles. The van der Waals surface area contributed by atoms with Crippen LogP contribution in [0.4, 0.5) is 5.69 Å². The monoisotopic (exact) mass is 249 g/mol. The average Bonchev–Trinajstić information content (AvgIpc) is 2.75. The maximum absolute atomic E-state index is 10.2. The molecule has 5 nitrogen and oxygen atoms in total. The molecule has 18 heavy (non-hydrogen) atoms. The quantitative estimate of drug-likeness (QED) is 0.764. The summed E-state index contributed by atoms with van der Waals surface area (Å²) in [6, 6.07) is 7.70. The Morgan fingerprint density at radius 1 is 1.39 bits per heavy atom. The number of aliphatic hydroxyl groups is 1. The third-order valence-electron chi connectivity index (χ3n) is 3.41. The van der Waals surface area contributed by atoms with E-state index in [0.717, 1.165) is 30.4 Å². The Hall–Kier alpha value is -1.59. The van der Waals surface area contributed by atoms with Crippen LogP contribution in [0.1, 0.15) is 0 Å². The molecule has 0 amide bonds. The summed E-state index contributed by atoms with van der Waals surface area (Å²) in [5.74, 6) is 1.85. The molecule has 1 aromatic rings. The van der Waals surface area contributed by atoms with E-state index in [2.05, 4.69) is 4.58 Å². The van der Waals surface area contributed by atoms with E-state index < -0.39 is 6.23 Å². The van der Waals surface area contributed by atoms with E-state index in [4.69, 9.17) is 9.47 Å². The van der Waals surface area contributed by atoms with Gasteiger partial charge in [-0.25, -0.2) is 0 Å². The highest BCUT2D eigenvalue weighted by Crippen LogP contribution is 2.24. The Balaban J connectivity index is 1.92. The molecule has 0 aliphatic carbocycles. The van der Waals surface area contributed by atoms with Crippen molar-refractivity contribution in [2.24, 2.45) is 0 Å². The highest BCUT2D eigenvalue weighted by Gasteiger charge is 2.41. The van der Waals surface area contributed by atoms with Crippen molar-refractivity contribution in [3.63, 3.8) is 0 Å². The second-order valence-electron chi connectivity index (χ2n) is 4.46. The standard InChI is InChI=1S/C13H17N2O3/c1-17-11-4-2-10(3-5-11)15-12-9-18-7-6-14(12)8-13(15)16/h2-5,13,16H,6-9H2,1H3/q+1. The van der Waals surface area contributed by atoms with Crippen molar-refractivity contribution in [1.82, 2.24) is 0 Å². The van der Waals surface area contributed by atoms with Gasteiger partial charge in [0.05, 0.1) is 13.7 Å². The van der Waals surface area contributed by atoms with Gasteiger partial charge in [-0.3, -0.25) is 4.58 Å². The van der Waals surface area contributed by atoms with Gasteiger partial charge in [0, 0.05) is 0 Å². The molecule has 0 bridgehead atoms. The van der Waals surface area contributed by atoms with Crippen molar-refractivity contribution in [3.8, 4) is 5.75 Å². The first-order chi connectivity index (χ1) is 8.79. The predicted molar refractivity (Wildman–Crippen MR) is 67.3 cm³/mol. The molecular formula is C13H17N2O3+. The average molecular weight is 249 g/mol. The second kappa shape index (κ2) is 4.59. The van der Waals surface area contributed by atoms with E-state index in [1.165, 1.54) is 0 Å². The molecular weight excluding hydrogens is 232 g/mol. The fourth-order valence-corrected chi connectivity index (χ4v) is 2.49. The van der Waals surface area contributed by atoms with Gasteiger partial charge in [0.15, 0.2) is 6.54 Å². The maximum atomic E-state index is 10.2. The Bertz CT molecular complexity index is 470. The summed E-state index contributed by atoms with van der Waals surface area (Å²) >= 11 is 0. The van der Waals surface area contributed by atoms with Crippen molar-refractivity contribution < 1.29 is 19.2 Å². The number of rotatable bonds is 2. The number of ether oxygens (including phenoxy) is 2. The third kappa shape index (κ3) is 1.85. The van der Waals surface area contributed by atoms with Crippen molar-refractivity contribution in [2.45, 2.75) is 6.23 Å². The fraction of sp³-hybridized carbons (Fsp3) is 0.462. The van der Waals surface area contributed by atoms with Gasteiger partial charge in [-0.2, -0.15) is 4.90 Å². The van der Waals surface area contributed by atoms with E-state index >= 15 is 0 Å². The van der Waals surface area contributed by atoms with Gasteiger partial charge in [-0.1, -0.05) is 0 Å². The van der Waals surface area contributed by atoms with Crippen LogP contribution in [-0.2, 0) is 4.74 Å². The number of methoxy groups -OCH3 is 1. The molecule has 2 heterocycles. The molecule has 0 saturated carbocycles. The van der Waals surface area contributed by atoms with E-state index in [-0.39, 0.29) is 0 Å². The zero-order valence-electron chi connectivity index (χ0n) is 10.4. The molecule has 0 aromatic heterocycles. The minimum atomic E-state index is -0.505. The summed E-state index contributed by atoms with van der Waals surface area (Å²) in [5, 5.41) is 10.2. The van der Waals surface area contributed by atoms with E-state index in [1.807, 2.05) is 29.2 Å². The molecule has 0 saturated heterocycles. The van der Waals surface area contributed by atoms with Crippen LogP contribution in [0.3, 0.4) is 0 Å². The van der Waals surface area contributed by atoms with Crippen molar-refractivity contribution >= 4 is 11.5 Å². The highest BCUT2D eigenvalue weighted by atomic mass is 16.5. The van der Waals surface area contributed by atoms with Crippen molar-refractivity contribution in [2.75, 3.05) is 38.3 Å². The summed E-state index contributed by atoms with van der Waals surface area (Å²) in [6.07, 6.45) is -0.505. The largest absolute Gasteiger partial charge is 0.497 e. The summed E-state index contributed by atoms with van der Waals surface area (Å²) in [7, 11) is 1.64. The van der Waals surface area contributed by atoms with E-state index in [1.54, 1.807) is 7.11 Å². The molecule has 1 N–H and O–H groups in total. The lowest BCUT2D eigenvalue weighted by Gasteiger charge is -2.18. The van der Waals surface area contributed by atoms with Crippen molar-refractivity contribution in [3.05, 3.63) is 24.3 Å². The van der Waals surface area contributed by atoms with Gasteiger partial charge >= 0.3 is 0 Å². The van der Waals surface area contributed by atoms with Gasteiger partial charge in [-0.15, -0.1) is 0 Å².